The average molecular weight is 490 g/mol. The van der Waals surface area contributed by atoms with Crippen molar-refractivity contribution in [2.24, 2.45) is 0 Å². The first kappa shape index (κ1) is 23.9. The van der Waals surface area contributed by atoms with Crippen molar-refractivity contribution in [3.05, 3.63) is 138 Å². The number of aromatic amines is 1. The maximum absolute atomic E-state index is 13.8. The molecule has 0 aliphatic carbocycles. The summed E-state index contributed by atoms with van der Waals surface area (Å²) in [7, 11) is 0. The predicted molar refractivity (Wildman–Crippen MR) is 145 cm³/mol. The van der Waals surface area contributed by atoms with E-state index in [1.165, 1.54) is 0 Å². The van der Waals surface area contributed by atoms with E-state index in [0.29, 0.717) is 5.69 Å². The highest BCUT2D eigenvalue weighted by molar-refractivity contribution is 5.98. The zero-order valence-electron chi connectivity index (χ0n) is 20.1. The number of hydrogen-bond donors (Lipinski definition) is 3. The summed E-state index contributed by atoms with van der Waals surface area (Å²) in [4.78, 5) is 30.1. The second kappa shape index (κ2) is 11.3. The minimum atomic E-state index is -0.954. The van der Waals surface area contributed by atoms with Crippen molar-refractivity contribution in [1.82, 2.24) is 10.3 Å². The first-order valence-electron chi connectivity index (χ1n) is 12.1. The molecule has 6 nitrogen and oxygen atoms in total. The van der Waals surface area contributed by atoms with Crippen molar-refractivity contribution < 1.29 is 14.3 Å². The van der Waals surface area contributed by atoms with Crippen LogP contribution in [-0.4, -0.2) is 23.0 Å². The number of H-pyrrole nitrogens is 1. The fourth-order valence-electron chi connectivity index (χ4n) is 4.50. The third kappa shape index (κ3) is 5.70. The Morgan fingerprint density at radius 1 is 0.757 bits per heavy atom. The van der Waals surface area contributed by atoms with Gasteiger partial charge in [-0.3, -0.25) is 4.79 Å². The van der Waals surface area contributed by atoms with Gasteiger partial charge in [0.2, 0.25) is 5.91 Å². The molecule has 3 N–H and O–H groups in total. The van der Waals surface area contributed by atoms with E-state index in [4.69, 9.17) is 4.74 Å². The molecule has 184 valence electrons. The van der Waals surface area contributed by atoms with Gasteiger partial charge in [0.05, 0.1) is 0 Å². The van der Waals surface area contributed by atoms with E-state index in [1.807, 2.05) is 121 Å². The molecule has 0 fully saturated rings. The third-order valence-electron chi connectivity index (χ3n) is 6.26. The molecular weight excluding hydrogens is 462 g/mol. The number of aromatic nitrogens is 1. The number of ether oxygens (including phenoxy) is 1. The van der Waals surface area contributed by atoms with Crippen molar-refractivity contribution in [3.8, 4) is 0 Å². The highest BCUT2D eigenvalue weighted by atomic mass is 16.5. The largest absolute Gasteiger partial charge is 0.445 e. The maximum atomic E-state index is 13.8. The molecule has 2 atom stereocenters. The van der Waals surface area contributed by atoms with Crippen molar-refractivity contribution in [2.75, 3.05) is 5.32 Å². The third-order valence-corrected chi connectivity index (χ3v) is 6.26. The second-order valence-electron chi connectivity index (χ2n) is 8.72. The lowest BCUT2D eigenvalue weighted by atomic mass is 9.84. The van der Waals surface area contributed by atoms with Crippen LogP contribution in [0.25, 0.3) is 10.9 Å². The van der Waals surface area contributed by atoms with E-state index in [2.05, 4.69) is 15.6 Å². The number of rotatable bonds is 8. The normalized spacial score (nSPS) is 12.4. The lowest BCUT2D eigenvalue weighted by Gasteiger charge is -2.27. The van der Waals surface area contributed by atoms with Crippen LogP contribution in [0.4, 0.5) is 10.5 Å². The Kier molecular flexibility index (Phi) is 7.27. The quantitative estimate of drug-likeness (QED) is 0.241. The van der Waals surface area contributed by atoms with Gasteiger partial charge < -0.3 is 20.4 Å². The van der Waals surface area contributed by atoms with Gasteiger partial charge in [-0.1, -0.05) is 97.1 Å². The molecule has 37 heavy (non-hydrogen) atoms. The molecular formula is C31H27N3O3. The SMILES string of the molecule is O=C(N[C@@H](C(=O)Nc1ccccc1)[C@@H](c1ccccc1)c1c[nH]c2ccccc12)OCc1ccccc1. The number of benzene rings is 4. The fraction of sp³-hybridized carbons (Fsp3) is 0.0968. The fourth-order valence-corrected chi connectivity index (χ4v) is 4.50. The second-order valence-corrected chi connectivity index (χ2v) is 8.72. The molecule has 0 unspecified atom stereocenters. The molecule has 0 saturated carbocycles. The van der Waals surface area contributed by atoms with E-state index in [-0.39, 0.29) is 12.5 Å². The molecule has 5 rings (SSSR count). The summed E-state index contributed by atoms with van der Waals surface area (Å²) in [6.45, 7) is 0.1000. The average Bonchev–Trinajstić information content (AvgIpc) is 3.37. The Labute approximate surface area is 215 Å². The van der Waals surface area contributed by atoms with Gasteiger partial charge >= 0.3 is 6.09 Å². The smallest absolute Gasteiger partial charge is 0.408 e. The molecule has 0 bridgehead atoms. The van der Waals surface area contributed by atoms with E-state index >= 15 is 0 Å². The Bertz CT molecular complexity index is 1470. The summed E-state index contributed by atoms with van der Waals surface area (Å²) in [5.74, 6) is -0.827. The van der Waals surface area contributed by atoms with E-state index in [1.54, 1.807) is 0 Å². The first-order valence-corrected chi connectivity index (χ1v) is 12.1. The predicted octanol–water partition coefficient (Wildman–Crippen LogP) is 6.23. The Morgan fingerprint density at radius 3 is 2.11 bits per heavy atom. The monoisotopic (exact) mass is 489 g/mol. The molecule has 1 aromatic heterocycles. The van der Waals surface area contributed by atoms with Crippen LogP contribution in [0.3, 0.4) is 0 Å². The Balaban J connectivity index is 1.51. The number of para-hydroxylation sites is 2. The lowest BCUT2D eigenvalue weighted by Crippen LogP contribution is -2.48. The number of alkyl carbamates (subject to hydrolysis) is 1. The summed E-state index contributed by atoms with van der Waals surface area (Å²) in [5, 5.41) is 6.81. The van der Waals surface area contributed by atoms with Crippen LogP contribution < -0.4 is 10.6 Å². The zero-order valence-corrected chi connectivity index (χ0v) is 20.1. The highest BCUT2D eigenvalue weighted by Gasteiger charge is 2.34. The van der Waals surface area contributed by atoms with Gasteiger partial charge in [0.1, 0.15) is 12.6 Å². The molecule has 0 spiro atoms. The number of anilines is 1. The van der Waals surface area contributed by atoms with Crippen LogP contribution in [0.1, 0.15) is 22.6 Å². The molecule has 5 aromatic rings. The molecule has 0 aliphatic rings. The molecule has 1 heterocycles. The Hall–Kier alpha value is -4.84. The topological polar surface area (TPSA) is 83.2 Å². The summed E-state index contributed by atoms with van der Waals surface area (Å²) in [6, 6.07) is 35.3. The van der Waals surface area contributed by atoms with Crippen LogP contribution in [0.5, 0.6) is 0 Å². The van der Waals surface area contributed by atoms with Crippen molar-refractivity contribution in [3.63, 3.8) is 0 Å². The van der Waals surface area contributed by atoms with Gasteiger partial charge in [-0.2, -0.15) is 0 Å². The van der Waals surface area contributed by atoms with E-state index in [0.717, 1.165) is 27.6 Å². The highest BCUT2D eigenvalue weighted by Crippen LogP contribution is 2.34. The van der Waals surface area contributed by atoms with Gasteiger partial charge in [-0.15, -0.1) is 0 Å². The van der Waals surface area contributed by atoms with Crippen LogP contribution in [0.15, 0.2) is 121 Å². The number of amides is 2. The van der Waals surface area contributed by atoms with Crippen molar-refractivity contribution in [1.29, 1.82) is 0 Å². The molecule has 4 aromatic carbocycles. The number of carbonyl (C=O) groups excluding carboxylic acids is 2. The number of hydrogen-bond acceptors (Lipinski definition) is 3. The number of carbonyl (C=O) groups is 2. The number of nitrogens with one attached hydrogen (secondary N) is 3. The zero-order chi connectivity index (χ0) is 25.5. The van der Waals surface area contributed by atoms with Gasteiger partial charge in [0, 0.05) is 28.7 Å². The molecule has 6 heteroatoms. The van der Waals surface area contributed by atoms with Crippen LogP contribution in [-0.2, 0) is 16.1 Å². The molecule has 0 aliphatic heterocycles. The van der Waals surface area contributed by atoms with Crippen LogP contribution in [0, 0.1) is 0 Å². The summed E-state index contributed by atoms with van der Waals surface area (Å²) < 4.78 is 5.51. The molecule has 0 radical (unpaired) electrons. The van der Waals surface area contributed by atoms with Gasteiger partial charge in [-0.05, 0) is 34.9 Å². The lowest BCUT2D eigenvalue weighted by molar-refractivity contribution is -0.118. The standard InChI is InChI=1S/C31H27N3O3/c35-30(33-24-16-8-3-9-17-24)29(34-31(36)37-21-22-12-4-1-5-13-22)28(23-14-6-2-7-15-23)26-20-32-27-19-11-10-18-25(26)27/h1-20,28-29,32H,21H2,(H,33,35)(H,34,36)/t28-,29+/m0/s1. The number of fused-ring (bicyclic) bond motifs is 1. The van der Waals surface area contributed by atoms with Crippen LogP contribution >= 0.6 is 0 Å². The maximum Gasteiger partial charge on any atom is 0.408 e. The summed E-state index contributed by atoms with van der Waals surface area (Å²) in [5.41, 5.74) is 4.25. The van der Waals surface area contributed by atoms with E-state index < -0.39 is 18.1 Å². The summed E-state index contributed by atoms with van der Waals surface area (Å²) in [6.07, 6.45) is 1.24. The van der Waals surface area contributed by atoms with E-state index in [9.17, 15) is 9.59 Å². The summed E-state index contributed by atoms with van der Waals surface area (Å²) >= 11 is 0. The van der Waals surface area contributed by atoms with Crippen molar-refractivity contribution >= 4 is 28.6 Å². The minimum absolute atomic E-state index is 0.1000. The van der Waals surface area contributed by atoms with Gasteiger partial charge in [-0.25, -0.2) is 4.79 Å². The first-order chi connectivity index (χ1) is 18.2. The molecule has 2 amide bonds. The van der Waals surface area contributed by atoms with Gasteiger partial charge in [0.15, 0.2) is 0 Å². The van der Waals surface area contributed by atoms with Crippen LogP contribution in [0.2, 0.25) is 0 Å². The van der Waals surface area contributed by atoms with Gasteiger partial charge in [0.25, 0.3) is 0 Å². The van der Waals surface area contributed by atoms with Crippen molar-refractivity contribution in [2.45, 2.75) is 18.6 Å². The Morgan fingerprint density at radius 2 is 1.38 bits per heavy atom. The molecule has 0 saturated heterocycles. The minimum Gasteiger partial charge on any atom is -0.445 e.